The summed E-state index contributed by atoms with van der Waals surface area (Å²) in [4.78, 5) is 0.194. The van der Waals surface area contributed by atoms with Crippen LogP contribution in [0.3, 0.4) is 0 Å². The van der Waals surface area contributed by atoms with E-state index in [1.807, 2.05) is 13.8 Å². The molecule has 25 heavy (non-hydrogen) atoms. The lowest BCUT2D eigenvalue weighted by molar-refractivity contribution is -0.0498. The van der Waals surface area contributed by atoms with E-state index in [9.17, 15) is 17.2 Å². The van der Waals surface area contributed by atoms with Gasteiger partial charge in [0.05, 0.1) is 4.90 Å². The lowest BCUT2D eigenvalue weighted by Gasteiger charge is -2.18. The Morgan fingerprint density at radius 2 is 1.72 bits per heavy atom. The predicted molar refractivity (Wildman–Crippen MR) is 92.3 cm³/mol. The summed E-state index contributed by atoms with van der Waals surface area (Å²) in [6.07, 6.45) is 0. The highest BCUT2D eigenvalue weighted by Crippen LogP contribution is 2.22. The second kappa shape index (κ2) is 7.93. The smallest absolute Gasteiger partial charge is 0.387 e. The van der Waals surface area contributed by atoms with Gasteiger partial charge >= 0.3 is 6.61 Å². The van der Waals surface area contributed by atoms with Crippen LogP contribution >= 0.6 is 0 Å². The fraction of sp³-hybridized carbons (Fsp3) is 0.333. The molecule has 2 aromatic carbocycles. The zero-order valence-electron chi connectivity index (χ0n) is 14.3. The highest BCUT2D eigenvalue weighted by molar-refractivity contribution is 7.89. The number of nitrogens with zero attached hydrogens (tertiary/aromatic N) is 1. The number of halogens is 2. The third-order valence-corrected chi connectivity index (χ3v) is 5.60. The predicted octanol–water partition coefficient (Wildman–Crippen LogP) is 4.23. The first-order chi connectivity index (χ1) is 11.7. The fourth-order valence-electron chi connectivity index (χ4n) is 2.37. The fourth-order valence-corrected chi connectivity index (χ4v) is 3.53. The Labute approximate surface area is 147 Å². The quantitative estimate of drug-likeness (QED) is 0.734. The average molecular weight is 369 g/mol. The molecule has 0 bridgehead atoms. The Morgan fingerprint density at radius 3 is 2.28 bits per heavy atom. The van der Waals surface area contributed by atoms with Gasteiger partial charge in [-0.15, -0.1) is 0 Å². The second-order valence-electron chi connectivity index (χ2n) is 6.01. The molecular formula is C18H21F2NO3S. The molecule has 7 heteroatoms. The molecule has 2 aromatic rings. The molecule has 2 rings (SSSR count). The van der Waals surface area contributed by atoms with E-state index in [2.05, 4.69) is 4.74 Å². The molecule has 0 aliphatic carbocycles. The van der Waals surface area contributed by atoms with E-state index < -0.39 is 16.6 Å². The number of hydrogen-bond acceptors (Lipinski definition) is 3. The van der Waals surface area contributed by atoms with Gasteiger partial charge < -0.3 is 4.74 Å². The average Bonchev–Trinajstić information content (AvgIpc) is 2.54. The number of benzene rings is 2. The lowest BCUT2D eigenvalue weighted by Crippen LogP contribution is -2.26. The maximum atomic E-state index is 12.7. The summed E-state index contributed by atoms with van der Waals surface area (Å²) in [6, 6.07) is 12.8. The van der Waals surface area contributed by atoms with Gasteiger partial charge in [0.25, 0.3) is 0 Å². The first kappa shape index (κ1) is 19.3. The van der Waals surface area contributed by atoms with Gasteiger partial charge in [0, 0.05) is 13.6 Å². The molecule has 0 saturated heterocycles. The molecular weight excluding hydrogens is 348 g/mol. The minimum absolute atomic E-state index is 0.000385. The van der Waals surface area contributed by atoms with Crippen LogP contribution in [0, 0.1) is 0 Å². The molecule has 0 aliphatic heterocycles. The number of sulfonamides is 1. The van der Waals surface area contributed by atoms with Crippen molar-refractivity contribution in [3.05, 3.63) is 59.7 Å². The monoisotopic (exact) mass is 369 g/mol. The SMILES string of the molecule is CC(C)c1ccc(S(=O)(=O)N(C)Cc2cccc(OC(F)F)c2)cc1. The van der Waals surface area contributed by atoms with E-state index in [1.165, 1.54) is 23.5 Å². The van der Waals surface area contributed by atoms with Crippen molar-refractivity contribution in [3.63, 3.8) is 0 Å². The summed E-state index contributed by atoms with van der Waals surface area (Å²) in [5, 5.41) is 0. The molecule has 0 spiro atoms. The molecule has 0 fully saturated rings. The van der Waals surface area contributed by atoms with E-state index in [4.69, 9.17) is 0 Å². The summed E-state index contributed by atoms with van der Waals surface area (Å²) in [5.74, 6) is 0.312. The van der Waals surface area contributed by atoms with Gasteiger partial charge in [-0.25, -0.2) is 8.42 Å². The summed E-state index contributed by atoms with van der Waals surface area (Å²) >= 11 is 0. The van der Waals surface area contributed by atoms with Crippen molar-refractivity contribution < 1.29 is 21.9 Å². The minimum atomic E-state index is -3.67. The molecule has 0 aromatic heterocycles. The van der Waals surface area contributed by atoms with Crippen molar-refractivity contribution in [2.24, 2.45) is 0 Å². The van der Waals surface area contributed by atoms with Crippen LogP contribution in [0.5, 0.6) is 5.75 Å². The topological polar surface area (TPSA) is 46.6 Å². The van der Waals surface area contributed by atoms with Gasteiger partial charge in [0.15, 0.2) is 0 Å². The molecule has 0 saturated carbocycles. The zero-order chi connectivity index (χ0) is 18.6. The molecule has 0 N–H and O–H groups in total. The van der Waals surface area contributed by atoms with E-state index in [-0.39, 0.29) is 17.2 Å². The zero-order valence-corrected chi connectivity index (χ0v) is 15.1. The number of rotatable bonds is 7. The van der Waals surface area contributed by atoms with E-state index >= 15 is 0 Å². The minimum Gasteiger partial charge on any atom is -0.435 e. The maximum absolute atomic E-state index is 12.7. The van der Waals surface area contributed by atoms with Crippen molar-refractivity contribution in [1.29, 1.82) is 0 Å². The normalized spacial score (nSPS) is 12.2. The Kier molecular flexibility index (Phi) is 6.13. The molecule has 0 atom stereocenters. The Bertz CT molecular complexity index is 805. The van der Waals surface area contributed by atoms with Gasteiger partial charge in [0.1, 0.15) is 5.75 Å². The summed E-state index contributed by atoms with van der Waals surface area (Å²) in [6.45, 7) is 1.19. The molecule has 0 unspecified atom stereocenters. The third-order valence-electron chi connectivity index (χ3n) is 3.78. The van der Waals surface area contributed by atoms with Crippen LogP contribution in [-0.4, -0.2) is 26.4 Å². The molecule has 0 radical (unpaired) electrons. The second-order valence-corrected chi connectivity index (χ2v) is 8.06. The maximum Gasteiger partial charge on any atom is 0.387 e. The van der Waals surface area contributed by atoms with Gasteiger partial charge in [-0.2, -0.15) is 13.1 Å². The Morgan fingerprint density at radius 1 is 1.08 bits per heavy atom. The first-order valence-electron chi connectivity index (χ1n) is 7.80. The number of ether oxygens (including phenoxy) is 1. The van der Waals surface area contributed by atoms with E-state index in [0.29, 0.717) is 11.5 Å². The lowest BCUT2D eigenvalue weighted by atomic mass is 10.0. The molecule has 136 valence electrons. The van der Waals surface area contributed by atoms with Crippen LogP contribution in [0.15, 0.2) is 53.4 Å². The van der Waals surface area contributed by atoms with Crippen LogP contribution in [0.25, 0.3) is 0 Å². The highest BCUT2D eigenvalue weighted by atomic mass is 32.2. The number of hydrogen-bond donors (Lipinski definition) is 0. The first-order valence-corrected chi connectivity index (χ1v) is 9.24. The summed E-state index contributed by atoms with van der Waals surface area (Å²) in [7, 11) is -2.22. The Balaban J connectivity index is 2.17. The van der Waals surface area contributed by atoms with Crippen LogP contribution in [0.2, 0.25) is 0 Å². The number of alkyl halides is 2. The molecule has 0 heterocycles. The van der Waals surface area contributed by atoms with Crippen LogP contribution in [-0.2, 0) is 16.6 Å². The van der Waals surface area contributed by atoms with Crippen molar-refractivity contribution in [1.82, 2.24) is 4.31 Å². The van der Waals surface area contributed by atoms with E-state index in [0.717, 1.165) is 5.56 Å². The van der Waals surface area contributed by atoms with Crippen molar-refractivity contribution in [2.75, 3.05) is 7.05 Å². The molecule has 0 aliphatic rings. The van der Waals surface area contributed by atoms with Crippen molar-refractivity contribution in [3.8, 4) is 5.75 Å². The summed E-state index contributed by atoms with van der Waals surface area (Å²) < 4.78 is 55.4. The van der Waals surface area contributed by atoms with Crippen LogP contribution in [0.4, 0.5) is 8.78 Å². The molecule has 4 nitrogen and oxygen atoms in total. The largest absolute Gasteiger partial charge is 0.435 e. The van der Waals surface area contributed by atoms with Gasteiger partial charge in [-0.05, 0) is 41.3 Å². The summed E-state index contributed by atoms with van der Waals surface area (Å²) in [5.41, 5.74) is 1.61. The molecule has 0 amide bonds. The van der Waals surface area contributed by atoms with Crippen molar-refractivity contribution >= 4 is 10.0 Å². The van der Waals surface area contributed by atoms with Gasteiger partial charge in [0.2, 0.25) is 10.0 Å². The highest BCUT2D eigenvalue weighted by Gasteiger charge is 2.21. The van der Waals surface area contributed by atoms with Crippen molar-refractivity contribution in [2.45, 2.75) is 37.8 Å². The van der Waals surface area contributed by atoms with Crippen LogP contribution in [0.1, 0.15) is 30.9 Å². The van der Waals surface area contributed by atoms with E-state index in [1.54, 1.807) is 36.4 Å². The Hall–Kier alpha value is -1.99. The standard InChI is InChI=1S/C18H21F2NO3S/c1-13(2)15-7-9-17(10-8-15)25(22,23)21(3)12-14-5-4-6-16(11-14)24-18(19)20/h4-11,13,18H,12H2,1-3H3. The van der Waals surface area contributed by atoms with Gasteiger partial charge in [-0.1, -0.05) is 38.1 Å². The van der Waals surface area contributed by atoms with Gasteiger partial charge in [-0.3, -0.25) is 0 Å². The van der Waals surface area contributed by atoms with Crippen LogP contribution < -0.4 is 4.74 Å². The third kappa shape index (κ3) is 4.99.